The molecule has 0 aromatic heterocycles. The number of hydrogen-bond donors (Lipinski definition) is 0. The fraction of sp³-hybridized carbons (Fsp3) is 0.929. The predicted molar refractivity (Wildman–Crippen MR) is 66.5 cm³/mol. The molecule has 0 aliphatic heterocycles. The van der Waals surface area contributed by atoms with E-state index in [1.54, 1.807) is 7.11 Å². The van der Waals surface area contributed by atoms with Crippen LogP contribution in [0.1, 0.15) is 65.2 Å². The van der Waals surface area contributed by atoms with Crippen molar-refractivity contribution in [3.05, 3.63) is 0 Å². The maximum absolute atomic E-state index is 12.5. The van der Waals surface area contributed by atoms with E-state index in [1.165, 1.54) is 12.8 Å². The second-order valence-corrected chi connectivity index (χ2v) is 5.17. The number of ketones is 1. The molecule has 0 radical (unpaired) electrons. The van der Waals surface area contributed by atoms with Crippen molar-refractivity contribution in [3.8, 4) is 0 Å². The van der Waals surface area contributed by atoms with E-state index >= 15 is 0 Å². The van der Waals surface area contributed by atoms with E-state index in [2.05, 4.69) is 13.8 Å². The average molecular weight is 226 g/mol. The van der Waals surface area contributed by atoms with Crippen molar-refractivity contribution < 1.29 is 9.53 Å². The Morgan fingerprint density at radius 3 is 2.25 bits per heavy atom. The Morgan fingerprint density at radius 1 is 1.25 bits per heavy atom. The number of carbonyl (C=O) groups is 1. The Hall–Kier alpha value is -0.370. The summed E-state index contributed by atoms with van der Waals surface area (Å²) in [6.07, 6.45) is 8.70. The first-order chi connectivity index (χ1) is 7.66. The Kier molecular flexibility index (Phi) is 5.47. The van der Waals surface area contributed by atoms with Gasteiger partial charge in [-0.3, -0.25) is 4.79 Å². The molecule has 16 heavy (non-hydrogen) atoms. The highest BCUT2D eigenvalue weighted by Gasteiger charge is 2.40. The zero-order chi connectivity index (χ0) is 12.0. The van der Waals surface area contributed by atoms with Gasteiger partial charge in [0, 0.05) is 13.0 Å². The lowest BCUT2D eigenvalue weighted by atomic mass is 9.82. The topological polar surface area (TPSA) is 26.3 Å². The van der Waals surface area contributed by atoms with Crippen molar-refractivity contribution in [2.75, 3.05) is 7.11 Å². The fourth-order valence-electron chi connectivity index (χ4n) is 2.86. The van der Waals surface area contributed by atoms with Crippen molar-refractivity contribution >= 4 is 5.78 Å². The third-order valence-electron chi connectivity index (χ3n) is 3.92. The van der Waals surface area contributed by atoms with E-state index in [4.69, 9.17) is 4.74 Å². The summed E-state index contributed by atoms with van der Waals surface area (Å²) < 4.78 is 5.64. The molecule has 2 heteroatoms. The number of methoxy groups -OCH3 is 1. The summed E-state index contributed by atoms with van der Waals surface area (Å²) >= 11 is 0. The second-order valence-electron chi connectivity index (χ2n) is 5.17. The molecule has 0 spiro atoms. The first-order valence-electron chi connectivity index (χ1n) is 6.75. The predicted octanol–water partition coefficient (Wildman–Crippen LogP) is 3.73. The monoisotopic (exact) mass is 226 g/mol. The van der Waals surface area contributed by atoms with Gasteiger partial charge in [-0.15, -0.1) is 0 Å². The van der Waals surface area contributed by atoms with Crippen LogP contribution >= 0.6 is 0 Å². The van der Waals surface area contributed by atoms with E-state index in [0.29, 0.717) is 5.78 Å². The Morgan fingerprint density at radius 2 is 1.81 bits per heavy atom. The average Bonchev–Trinajstić information content (AvgIpc) is 2.54. The number of Topliss-reactive ketones (excluding diaryl/α,β-unsaturated/α-hetero) is 1. The molecule has 1 fully saturated rings. The summed E-state index contributed by atoms with van der Waals surface area (Å²) in [6.45, 7) is 4.19. The Bertz CT molecular complexity index is 215. The molecule has 1 unspecified atom stereocenters. The number of carbonyl (C=O) groups excluding carboxylic acids is 1. The van der Waals surface area contributed by atoms with Crippen LogP contribution in [0.3, 0.4) is 0 Å². The van der Waals surface area contributed by atoms with Crippen LogP contribution in [0.2, 0.25) is 0 Å². The van der Waals surface area contributed by atoms with Gasteiger partial charge in [-0.05, 0) is 19.3 Å². The van der Waals surface area contributed by atoms with Crippen LogP contribution < -0.4 is 0 Å². The normalized spacial score (nSPS) is 22.4. The largest absolute Gasteiger partial charge is 0.370 e. The Labute approximate surface area is 99.8 Å². The van der Waals surface area contributed by atoms with Gasteiger partial charge in [-0.25, -0.2) is 0 Å². The van der Waals surface area contributed by atoms with E-state index < -0.39 is 5.60 Å². The van der Waals surface area contributed by atoms with Gasteiger partial charge >= 0.3 is 0 Å². The van der Waals surface area contributed by atoms with Gasteiger partial charge in [-0.2, -0.15) is 0 Å². The van der Waals surface area contributed by atoms with Crippen LogP contribution in [0.5, 0.6) is 0 Å². The van der Waals surface area contributed by atoms with Crippen molar-refractivity contribution in [2.24, 2.45) is 5.92 Å². The van der Waals surface area contributed by atoms with Crippen LogP contribution in [0.25, 0.3) is 0 Å². The molecule has 0 aromatic rings. The van der Waals surface area contributed by atoms with Crippen LogP contribution in [0, 0.1) is 5.92 Å². The molecular formula is C14H26O2. The van der Waals surface area contributed by atoms with Gasteiger partial charge in [0.15, 0.2) is 5.78 Å². The molecule has 0 bridgehead atoms. The maximum Gasteiger partial charge on any atom is 0.167 e. The molecule has 0 saturated heterocycles. The zero-order valence-electron chi connectivity index (χ0n) is 11.1. The van der Waals surface area contributed by atoms with Crippen LogP contribution in [-0.4, -0.2) is 18.5 Å². The van der Waals surface area contributed by atoms with Crippen molar-refractivity contribution in [1.29, 1.82) is 0 Å². The molecule has 0 amide bonds. The molecule has 0 heterocycles. The number of ether oxygens (including phenoxy) is 1. The highest BCUT2D eigenvalue weighted by molar-refractivity contribution is 5.89. The minimum atomic E-state index is -0.453. The molecule has 2 nitrogen and oxygen atoms in total. The lowest BCUT2D eigenvalue weighted by molar-refractivity contribution is -0.146. The quantitative estimate of drug-likeness (QED) is 0.668. The molecule has 1 saturated carbocycles. The molecule has 94 valence electrons. The number of rotatable bonds is 5. The third kappa shape index (κ3) is 3.07. The van der Waals surface area contributed by atoms with Crippen molar-refractivity contribution in [1.82, 2.24) is 0 Å². The Balaban J connectivity index is 2.72. The molecule has 0 N–H and O–H groups in total. The second kappa shape index (κ2) is 6.39. The lowest BCUT2D eigenvalue weighted by Crippen LogP contribution is -2.43. The third-order valence-corrected chi connectivity index (χ3v) is 3.92. The SMILES string of the molecule is CCCC(C)C(=O)C1(OC)CCCCCC1. The molecule has 1 rings (SSSR count). The van der Waals surface area contributed by atoms with Gasteiger partial charge in [0.05, 0.1) is 0 Å². The van der Waals surface area contributed by atoms with E-state index in [0.717, 1.165) is 38.5 Å². The molecular weight excluding hydrogens is 200 g/mol. The van der Waals surface area contributed by atoms with E-state index in [9.17, 15) is 4.79 Å². The summed E-state index contributed by atoms with van der Waals surface area (Å²) in [7, 11) is 1.71. The highest BCUT2D eigenvalue weighted by atomic mass is 16.5. The van der Waals surface area contributed by atoms with Crippen molar-refractivity contribution in [3.63, 3.8) is 0 Å². The van der Waals surface area contributed by atoms with Gasteiger partial charge in [0.25, 0.3) is 0 Å². The molecule has 1 aliphatic rings. The summed E-state index contributed by atoms with van der Waals surface area (Å²) in [4.78, 5) is 12.5. The first-order valence-corrected chi connectivity index (χ1v) is 6.75. The number of hydrogen-bond acceptors (Lipinski definition) is 2. The maximum atomic E-state index is 12.5. The van der Waals surface area contributed by atoms with Gasteiger partial charge in [0.2, 0.25) is 0 Å². The van der Waals surface area contributed by atoms with Crippen LogP contribution in [0.15, 0.2) is 0 Å². The van der Waals surface area contributed by atoms with Gasteiger partial charge in [-0.1, -0.05) is 46.0 Å². The summed E-state index contributed by atoms with van der Waals surface area (Å²) in [5.41, 5.74) is -0.453. The zero-order valence-corrected chi connectivity index (χ0v) is 11.1. The summed E-state index contributed by atoms with van der Waals surface area (Å²) in [5.74, 6) is 0.502. The van der Waals surface area contributed by atoms with Crippen LogP contribution in [-0.2, 0) is 9.53 Å². The van der Waals surface area contributed by atoms with Crippen LogP contribution in [0.4, 0.5) is 0 Å². The first kappa shape index (κ1) is 13.7. The standard InChI is InChI=1S/C14H26O2/c1-4-9-12(2)13(15)14(16-3)10-7-5-6-8-11-14/h12H,4-11H2,1-3H3. The minimum Gasteiger partial charge on any atom is -0.370 e. The molecule has 1 aliphatic carbocycles. The minimum absolute atomic E-state index is 0.156. The van der Waals surface area contributed by atoms with E-state index in [-0.39, 0.29) is 5.92 Å². The summed E-state index contributed by atoms with van der Waals surface area (Å²) in [6, 6.07) is 0. The van der Waals surface area contributed by atoms with Gasteiger partial charge < -0.3 is 4.74 Å². The molecule has 0 aromatic carbocycles. The van der Waals surface area contributed by atoms with Gasteiger partial charge in [0.1, 0.15) is 5.60 Å². The fourth-order valence-corrected chi connectivity index (χ4v) is 2.86. The lowest BCUT2D eigenvalue weighted by Gasteiger charge is -2.32. The molecule has 1 atom stereocenters. The van der Waals surface area contributed by atoms with E-state index in [1.807, 2.05) is 0 Å². The highest BCUT2D eigenvalue weighted by Crippen LogP contribution is 2.33. The summed E-state index contributed by atoms with van der Waals surface area (Å²) in [5, 5.41) is 0. The van der Waals surface area contributed by atoms with Crippen molar-refractivity contribution in [2.45, 2.75) is 70.8 Å². The smallest absolute Gasteiger partial charge is 0.167 e.